The van der Waals surface area contributed by atoms with E-state index in [-0.39, 0.29) is 5.56 Å². The second-order valence-electron chi connectivity index (χ2n) is 9.39. The first-order chi connectivity index (χ1) is 15.5. The molecule has 0 heterocycles. The fourth-order valence-corrected chi connectivity index (χ4v) is 5.09. The average molecular weight is 453 g/mol. The number of hydrogen-bond acceptors (Lipinski definition) is 0. The molecule has 0 radical (unpaired) electrons. The van der Waals surface area contributed by atoms with Crippen LogP contribution < -0.4 is 0 Å². The molecule has 1 aliphatic rings. The summed E-state index contributed by atoms with van der Waals surface area (Å²) in [5.41, 5.74) is 4.04. The summed E-state index contributed by atoms with van der Waals surface area (Å²) in [4.78, 5) is 0. The molecule has 168 valence electrons. The molecule has 0 aromatic heterocycles. The molecule has 3 aromatic rings. The maximum atomic E-state index is 14.7. The standard InChI is InChI=1S/C29H31ClF2/c1-20-2-4-21(5-3-20)6-7-22-8-10-23(11-9-22)12-13-24-18-27(31)29(28(32)19-24)25-14-16-26(30)17-15-25/h2-5,14-19,22-23H,6-13H2,1H3/t22-,23-. The van der Waals surface area contributed by atoms with Gasteiger partial charge in [-0.15, -0.1) is 0 Å². The number of rotatable bonds is 7. The van der Waals surface area contributed by atoms with E-state index < -0.39 is 11.6 Å². The molecule has 0 N–H and O–H groups in total. The molecule has 0 nitrogen and oxygen atoms in total. The first-order valence-corrected chi connectivity index (χ1v) is 12.1. The molecule has 1 fully saturated rings. The van der Waals surface area contributed by atoms with Crippen LogP contribution >= 0.6 is 11.6 Å². The maximum Gasteiger partial charge on any atom is 0.134 e. The summed E-state index contributed by atoms with van der Waals surface area (Å²) >= 11 is 5.89. The van der Waals surface area contributed by atoms with Crippen LogP contribution in [0, 0.1) is 30.4 Å². The third-order valence-electron chi connectivity index (χ3n) is 7.00. The fraction of sp³-hybridized carbons (Fsp3) is 0.379. The highest BCUT2D eigenvalue weighted by molar-refractivity contribution is 6.30. The summed E-state index contributed by atoms with van der Waals surface area (Å²) in [6.07, 6.45) is 9.16. The average Bonchev–Trinajstić information content (AvgIpc) is 2.79. The zero-order chi connectivity index (χ0) is 22.5. The minimum Gasteiger partial charge on any atom is -0.206 e. The van der Waals surface area contributed by atoms with Crippen molar-refractivity contribution in [3.8, 4) is 11.1 Å². The van der Waals surface area contributed by atoms with Crippen LogP contribution in [0.4, 0.5) is 8.78 Å². The monoisotopic (exact) mass is 452 g/mol. The molecule has 3 aromatic carbocycles. The van der Waals surface area contributed by atoms with Gasteiger partial charge in [0.25, 0.3) is 0 Å². The minimum atomic E-state index is -0.498. The molecule has 1 aliphatic carbocycles. The third-order valence-corrected chi connectivity index (χ3v) is 7.26. The second kappa shape index (κ2) is 10.6. The van der Waals surface area contributed by atoms with Crippen molar-refractivity contribution in [1.29, 1.82) is 0 Å². The molecule has 0 amide bonds. The highest BCUT2D eigenvalue weighted by Crippen LogP contribution is 2.35. The number of halogens is 3. The Morgan fingerprint density at radius 1 is 0.719 bits per heavy atom. The summed E-state index contributed by atoms with van der Waals surface area (Å²) in [7, 11) is 0. The third kappa shape index (κ3) is 5.98. The van der Waals surface area contributed by atoms with Gasteiger partial charge in [-0.25, -0.2) is 8.78 Å². The molecule has 1 saturated carbocycles. The van der Waals surface area contributed by atoms with E-state index in [1.165, 1.54) is 55.4 Å². The van der Waals surface area contributed by atoms with E-state index in [4.69, 9.17) is 11.6 Å². The van der Waals surface area contributed by atoms with Gasteiger partial charge in [0.15, 0.2) is 0 Å². The highest BCUT2D eigenvalue weighted by atomic mass is 35.5. The molecule has 0 atom stereocenters. The number of aryl methyl sites for hydroxylation is 3. The van der Waals surface area contributed by atoms with Gasteiger partial charge in [0, 0.05) is 5.02 Å². The molecule has 0 saturated heterocycles. The number of benzene rings is 3. The summed E-state index contributed by atoms with van der Waals surface area (Å²) in [6, 6.07) is 18.5. The van der Waals surface area contributed by atoms with Crippen molar-refractivity contribution in [2.75, 3.05) is 0 Å². The van der Waals surface area contributed by atoms with Crippen molar-refractivity contribution >= 4 is 11.6 Å². The lowest BCUT2D eigenvalue weighted by molar-refractivity contribution is 0.253. The molecular formula is C29H31ClF2. The van der Waals surface area contributed by atoms with Crippen LogP contribution in [0.3, 0.4) is 0 Å². The van der Waals surface area contributed by atoms with Gasteiger partial charge < -0.3 is 0 Å². The molecule has 0 bridgehead atoms. The van der Waals surface area contributed by atoms with Gasteiger partial charge in [-0.1, -0.05) is 79.2 Å². The Kier molecular flexibility index (Phi) is 7.63. The molecule has 4 rings (SSSR count). The van der Waals surface area contributed by atoms with Crippen LogP contribution in [0.5, 0.6) is 0 Å². The van der Waals surface area contributed by atoms with E-state index in [1.807, 2.05) is 0 Å². The maximum absolute atomic E-state index is 14.7. The van der Waals surface area contributed by atoms with Crippen molar-refractivity contribution in [2.24, 2.45) is 11.8 Å². The lowest BCUT2D eigenvalue weighted by Crippen LogP contribution is -2.16. The van der Waals surface area contributed by atoms with E-state index in [9.17, 15) is 8.78 Å². The smallest absolute Gasteiger partial charge is 0.134 e. The van der Waals surface area contributed by atoms with Crippen LogP contribution in [-0.4, -0.2) is 0 Å². The lowest BCUT2D eigenvalue weighted by Gasteiger charge is -2.28. The van der Waals surface area contributed by atoms with Crippen molar-refractivity contribution in [3.05, 3.63) is 94.0 Å². The topological polar surface area (TPSA) is 0 Å². The Bertz CT molecular complexity index is 993. The van der Waals surface area contributed by atoms with E-state index >= 15 is 0 Å². The Hall–Kier alpha value is -2.19. The quantitative estimate of drug-likeness (QED) is 0.335. The molecular weight excluding hydrogens is 422 g/mol. The Morgan fingerprint density at radius 2 is 1.22 bits per heavy atom. The summed E-state index contributed by atoms with van der Waals surface area (Å²) in [5, 5.41) is 0.552. The molecule has 0 unspecified atom stereocenters. The number of hydrogen-bond donors (Lipinski definition) is 0. The minimum absolute atomic E-state index is 0.0273. The van der Waals surface area contributed by atoms with E-state index in [1.54, 1.807) is 24.3 Å². The first kappa shape index (κ1) is 23.0. The largest absolute Gasteiger partial charge is 0.206 e. The van der Waals surface area contributed by atoms with Crippen LogP contribution in [0.2, 0.25) is 5.02 Å². The Balaban J connectivity index is 1.26. The van der Waals surface area contributed by atoms with Gasteiger partial charge in [0.05, 0.1) is 5.56 Å². The van der Waals surface area contributed by atoms with Gasteiger partial charge in [0.1, 0.15) is 11.6 Å². The fourth-order valence-electron chi connectivity index (χ4n) is 4.97. The second-order valence-corrected chi connectivity index (χ2v) is 9.83. The molecule has 0 aliphatic heterocycles. The van der Waals surface area contributed by atoms with Crippen LogP contribution in [0.1, 0.15) is 55.2 Å². The van der Waals surface area contributed by atoms with Gasteiger partial charge >= 0.3 is 0 Å². The zero-order valence-corrected chi connectivity index (χ0v) is 19.5. The van der Waals surface area contributed by atoms with E-state index in [0.717, 1.165) is 30.7 Å². The summed E-state index contributed by atoms with van der Waals surface area (Å²) < 4.78 is 29.4. The summed E-state index contributed by atoms with van der Waals surface area (Å²) in [5.74, 6) is 0.470. The SMILES string of the molecule is Cc1ccc(CC[C@H]2CC[C@H](CCc3cc(F)c(-c4ccc(Cl)cc4)c(F)c3)CC2)cc1. The van der Waals surface area contributed by atoms with Crippen LogP contribution in [0.15, 0.2) is 60.7 Å². The highest BCUT2D eigenvalue weighted by Gasteiger charge is 2.21. The lowest BCUT2D eigenvalue weighted by atomic mass is 9.77. The van der Waals surface area contributed by atoms with Gasteiger partial charge in [-0.2, -0.15) is 0 Å². The molecule has 3 heteroatoms. The van der Waals surface area contributed by atoms with Crippen molar-refractivity contribution in [3.63, 3.8) is 0 Å². The van der Waals surface area contributed by atoms with Crippen LogP contribution in [0.25, 0.3) is 11.1 Å². The normalized spacial score (nSPS) is 18.6. The van der Waals surface area contributed by atoms with Crippen molar-refractivity contribution in [2.45, 2.75) is 58.3 Å². The predicted octanol–water partition coefficient (Wildman–Crippen LogP) is 8.97. The van der Waals surface area contributed by atoms with Gasteiger partial charge in [-0.05, 0) is 85.4 Å². The Morgan fingerprint density at radius 3 is 1.75 bits per heavy atom. The van der Waals surface area contributed by atoms with E-state index in [2.05, 4.69) is 31.2 Å². The zero-order valence-electron chi connectivity index (χ0n) is 18.7. The summed E-state index contributed by atoms with van der Waals surface area (Å²) in [6.45, 7) is 2.13. The van der Waals surface area contributed by atoms with Crippen molar-refractivity contribution < 1.29 is 8.78 Å². The van der Waals surface area contributed by atoms with Crippen molar-refractivity contribution in [1.82, 2.24) is 0 Å². The van der Waals surface area contributed by atoms with Gasteiger partial charge in [0.2, 0.25) is 0 Å². The first-order valence-electron chi connectivity index (χ1n) is 11.8. The van der Waals surface area contributed by atoms with Gasteiger partial charge in [-0.3, -0.25) is 0 Å². The Labute approximate surface area is 195 Å². The van der Waals surface area contributed by atoms with Crippen LogP contribution in [-0.2, 0) is 12.8 Å². The molecule has 32 heavy (non-hydrogen) atoms. The van der Waals surface area contributed by atoms with E-state index in [0.29, 0.717) is 16.5 Å². The predicted molar refractivity (Wildman–Crippen MR) is 130 cm³/mol. The molecule has 0 spiro atoms.